The molecule has 9 heteroatoms. The van der Waals surface area contributed by atoms with E-state index in [9.17, 15) is 19.7 Å². The van der Waals surface area contributed by atoms with Crippen LogP contribution in [-0.2, 0) is 9.59 Å². The zero-order valence-corrected chi connectivity index (χ0v) is 15.0. The molecule has 0 aliphatic carbocycles. The van der Waals surface area contributed by atoms with Gasteiger partial charge in [0.1, 0.15) is 5.02 Å². The fourth-order valence-electron chi connectivity index (χ4n) is 2.02. The second-order valence-electron chi connectivity index (χ2n) is 5.17. The first-order valence-electron chi connectivity index (χ1n) is 7.26. The summed E-state index contributed by atoms with van der Waals surface area (Å²) in [5.74, 6) is -0.752. The van der Waals surface area contributed by atoms with Crippen LogP contribution in [0.15, 0.2) is 42.5 Å². The number of carbonyl (C=O) groups is 2. The Balaban J connectivity index is 2.14. The summed E-state index contributed by atoms with van der Waals surface area (Å²) >= 11 is 11.8. The largest absolute Gasteiger partial charge is 0.326 e. The minimum Gasteiger partial charge on any atom is -0.326 e. The highest BCUT2D eigenvalue weighted by Crippen LogP contribution is 2.27. The van der Waals surface area contributed by atoms with E-state index in [1.807, 2.05) is 0 Å². The molecule has 2 N–H and O–H groups in total. The Kier molecular flexibility index (Phi) is 6.32. The summed E-state index contributed by atoms with van der Waals surface area (Å²) < 4.78 is 0. The highest BCUT2D eigenvalue weighted by Gasteiger charge is 2.12. The second kappa shape index (κ2) is 8.46. The smallest absolute Gasteiger partial charge is 0.288 e. The van der Waals surface area contributed by atoms with Gasteiger partial charge in [0, 0.05) is 24.8 Å². The molecule has 2 aromatic carbocycles. The lowest BCUT2D eigenvalue weighted by Crippen LogP contribution is -2.10. The summed E-state index contributed by atoms with van der Waals surface area (Å²) in [4.78, 5) is 33.4. The van der Waals surface area contributed by atoms with E-state index in [2.05, 4.69) is 10.6 Å². The third kappa shape index (κ3) is 5.30. The first-order valence-corrected chi connectivity index (χ1v) is 8.02. The Morgan fingerprint density at radius 2 is 1.77 bits per heavy atom. The molecule has 0 spiro atoms. The van der Waals surface area contributed by atoms with Crippen LogP contribution in [0.25, 0.3) is 6.08 Å². The molecular weight excluding hydrogens is 381 g/mol. The number of amides is 2. The summed E-state index contributed by atoms with van der Waals surface area (Å²) in [6.07, 6.45) is 2.61. The van der Waals surface area contributed by atoms with Crippen molar-refractivity contribution in [3.8, 4) is 0 Å². The van der Waals surface area contributed by atoms with Gasteiger partial charge in [0.25, 0.3) is 5.69 Å². The predicted molar refractivity (Wildman–Crippen MR) is 102 cm³/mol. The maximum absolute atomic E-state index is 12.1. The summed E-state index contributed by atoms with van der Waals surface area (Å²) in [6.45, 7) is 1.36. The number of nitro benzene ring substituents is 1. The van der Waals surface area contributed by atoms with Crippen molar-refractivity contribution in [2.75, 3.05) is 10.6 Å². The predicted octanol–water partition coefficient (Wildman–Crippen LogP) is 4.51. The van der Waals surface area contributed by atoms with Crippen LogP contribution >= 0.6 is 23.2 Å². The van der Waals surface area contributed by atoms with Crippen LogP contribution in [0.2, 0.25) is 10.0 Å². The van der Waals surface area contributed by atoms with Gasteiger partial charge in [0.2, 0.25) is 11.8 Å². The van der Waals surface area contributed by atoms with Crippen molar-refractivity contribution in [3.63, 3.8) is 0 Å². The maximum atomic E-state index is 12.1. The number of hydrogen-bond donors (Lipinski definition) is 2. The summed E-state index contributed by atoms with van der Waals surface area (Å²) in [5.41, 5.74) is 0.985. The number of benzene rings is 2. The van der Waals surface area contributed by atoms with E-state index < -0.39 is 10.8 Å². The van der Waals surface area contributed by atoms with Crippen LogP contribution in [0.4, 0.5) is 17.1 Å². The lowest BCUT2D eigenvalue weighted by molar-refractivity contribution is -0.384. The molecule has 0 aliphatic heterocycles. The summed E-state index contributed by atoms with van der Waals surface area (Å²) in [7, 11) is 0. The molecular formula is C17H13Cl2N3O4. The normalized spacial score (nSPS) is 10.6. The van der Waals surface area contributed by atoms with E-state index in [0.717, 1.165) is 0 Å². The zero-order chi connectivity index (χ0) is 19.3. The third-order valence-electron chi connectivity index (χ3n) is 3.14. The van der Waals surface area contributed by atoms with E-state index in [4.69, 9.17) is 23.2 Å². The molecule has 0 radical (unpaired) electrons. The molecule has 0 saturated heterocycles. The molecule has 0 aromatic heterocycles. The average Bonchev–Trinajstić information content (AvgIpc) is 2.56. The van der Waals surface area contributed by atoms with Crippen molar-refractivity contribution in [1.29, 1.82) is 0 Å². The topological polar surface area (TPSA) is 101 Å². The highest BCUT2D eigenvalue weighted by atomic mass is 35.5. The molecule has 0 unspecified atom stereocenters. The van der Waals surface area contributed by atoms with Gasteiger partial charge in [-0.25, -0.2) is 0 Å². The Hall–Kier alpha value is -2.90. The van der Waals surface area contributed by atoms with Gasteiger partial charge in [-0.2, -0.15) is 0 Å². The SMILES string of the molecule is CC(=O)Nc1ccc(Cl)c(NC(=O)C=Cc2ccc(Cl)c([N+](=O)[O-])c2)c1. The fourth-order valence-corrected chi connectivity index (χ4v) is 2.37. The van der Waals surface area contributed by atoms with Gasteiger partial charge >= 0.3 is 0 Å². The van der Waals surface area contributed by atoms with Crippen molar-refractivity contribution >= 4 is 58.2 Å². The van der Waals surface area contributed by atoms with Crippen molar-refractivity contribution in [2.24, 2.45) is 0 Å². The van der Waals surface area contributed by atoms with Crippen molar-refractivity contribution in [1.82, 2.24) is 0 Å². The van der Waals surface area contributed by atoms with Crippen molar-refractivity contribution < 1.29 is 14.5 Å². The van der Waals surface area contributed by atoms with Gasteiger partial charge in [-0.05, 0) is 35.9 Å². The maximum Gasteiger partial charge on any atom is 0.288 e. The van der Waals surface area contributed by atoms with Gasteiger partial charge in [0.05, 0.1) is 15.6 Å². The number of halogens is 2. The Bertz CT molecular complexity index is 913. The molecule has 0 saturated carbocycles. The van der Waals surface area contributed by atoms with E-state index in [1.165, 1.54) is 43.3 Å². The quantitative estimate of drug-likeness (QED) is 0.443. The van der Waals surface area contributed by atoms with Crippen LogP contribution in [-0.4, -0.2) is 16.7 Å². The summed E-state index contributed by atoms with van der Waals surface area (Å²) in [5, 5.41) is 16.3. The standard InChI is InChI=1S/C17H13Cl2N3O4/c1-10(23)20-12-4-6-13(18)15(9-12)21-17(24)7-3-11-2-5-14(19)16(8-11)22(25)26/h2-9H,1H3,(H,20,23)(H,21,24). The number of hydrogen-bond acceptors (Lipinski definition) is 4. The minimum absolute atomic E-state index is 0.0122. The third-order valence-corrected chi connectivity index (χ3v) is 3.79. The first kappa shape index (κ1) is 19.4. The van der Waals surface area contributed by atoms with E-state index in [-0.39, 0.29) is 16.6 Å². The molecule has 2 aromatic rings. The lowest BCUT2D eigenvalue weighted by Gasteiger charge is -2.08. The number of anilines is 2. The molecule has 0 bridgehead atoms. The Morgan fingerprint density at radius 1 is 1.08 bits per heavy atom. The number of nitrogens with zero attached hydrogens (tertiary/aromatic N) is 1. The van der Waals surface area contributed by atoms with Crippen molar-refractivity contribution in [2.45, 2.75) is 6.92 Å². The molecule has 0 heterocycles. The summed E-state index contributed by atoms with van der Waals surface area (Å²) in [6, 6.07) is 8.84. The van der Waals surface area contributed by atoms with Gasteiger partial charge in [-0.3, -0.25) is 19.7 Å². The molecule has 0 fully saturated rings. The molecule has 0 atom stereocenters. The van der Waals surface area contributed by atoms with Crippen LogP contribution in [0.5, 0.6) is 0 Å². The van der Waals surface area contributed by atoms with Gasteiger partial charge in [-0.1, -0.05) is 29.3 Å². The first-order chi connectivity index (χ1) is 12.3. The van der Waals surface area contributed by atoms with E-state index in [0.29, 0.717) is 22.0 Å². The van der Waals surface area contributed by atoms with Gasteiger partial charge in [0.15, 0.2) is 0 Å². The zero-order valence-electron chi connectivity index (χ0n) is 13.5. The molecule has 2 rings (SSSR count). The van der Waals surface area contributed by atoms with Crippen LogP contribution in [0.3, 0.4) is 0 Å². The highest BCUT2D eigenvalue weighted by molar-refractivity contribution is 6.34. The second-order valence-corrected chi connectivity index (χ2v) is 5.98. The number of carbonyl (C=O) groups excluding carboxylic acids is 2. The number of rotatable bonds is 5. The van der Waals surface area contributed by atoms with Crippen LogP contribution < -0.4 is 10.6 Å². The van der Waals surface area contributed by atoms with Crippen LogP contribution in [0.1, 0.15) is 12.5 Å². The Morgan fingerprint density at radius 3 is 2.42 bits per heavy atom. The minimum atomic E-state index is -0.604. The van der Waals surface area contributed by atoms with E-state index >= 15 is 0 Å². The molecule has 7 nitrogen and oxygen atoms in total. The number of nitro groups is 1. The molecule has 134 valence electrons. The van der Waals surface area contributed by atoms with Gasteiger partial charge in [-0.15, -0.1) is 0 Å². The lowest BCUT2D eigenvalue weighted by atomic mass is 10.2. The fraction of sp³-hybridized carbons (Fsp3) is 0.0588. The average molecular weight is 394 g/mol. The molecule has 26 heavy (non-hydrogen) atoms. The van der Waals surface area contributed by atoms with Gasteiger partial charge < -0.3 is 10.6 Å². The number of nitrogens with one attached hydrogen (secondary N) is 2. The van der Waals surface area contributed by atoms with E-state index in [1.54, 1.807) is 12.1 Å². The Labute approximate surface area is 158 Å². The van der Waals surface area contributed by atoms with Crippen LogP contribution in [0, 0.1) is 10.1 Å². The molecule has 2 amide bonds. The monoisotopic (exact) mass is 393 g/mol. The van der Waals surface area contributed by atoms with Crippen molar-refractivity contribution in [3.05, 3.63) is 68.2 Å². The molecule has 0 aliphatic rings.